The summed E-state index contributed by atoms with van der Waals surface area (Å²) < 4.78 is 38.4. The lowest BCUT2D eigenvalue weighted by atomic mass is 10.2. The van der Waals surface area contributed by atoms with Crippen molar-refractivity contribution in [3.8, 4) is 0 Å². The highest BCUT2D eigenvalue weighted by Gasteiger charge is 2.52. The zero-order chi connectivity index (χ0) is 15.6. The van der Waals surface area contributed by atoms with Gasteiger partial charge in [0, 0.05) is 12.6 Å². The molecule has 112 valence electrons. The van der Waals surface area contributed by atoms with Crippen LogP contribution in [0.2, 0.25) is 0 Å². The topological polar surface area (TPSA) is 53.0 Å². The minimum atomic E-state index is -4.54. The summed E-state index contributed by atoms with van der Waals surface area (Å²) in [5.74, 6) is -0.626. The Labute approximate surface area is 122 Å². The van der Waals surface area contributed by atoms with E-state index >= 15 is 0 Å². The molecule has 3 aliphatic heterocycles. The molecular weight excluding hydrogens is 299 g/mol. The molecule has 3 amide bonds. The number of rotatable bonds is 1. The Bertz CT molecular complexity index is 782. The molecule has 4 rings (SSSR count). The van der Waals surface area contributed by atoms with Gasteiger partial charge in [0.05, 0.1) is 23.0 Å². The number of urea groups is 1. The second-order valence-electron chi connectivity index (χ2n) is 5.19. The molecule has 1 saturated heterocycles. The fourth-order valence-corrected chi connectivity index (χ4v) is 2.91. The zero-order valence-electron chi connectivity index (χ0n) is 11.0. The number of imide groups is 1. The number of hydrogen-bond acceptors (Lipinski definition) is 3. The van der Waals surface area contributed by atoms with Crippen LogP contribution in [0, 0.1) is 0 Å². The standard InChI is InChI=1S/C14H8F3N3O2/c15-14(16,17)7-2-1-3-8(4-7)20-12(21)11-10-5-9(6-18-10)19(11)13(20)22/h1-4,6,9H,5H2. The first-order chi connectivity index (χ1) is 10.4. The molecule has 22 heavy (non-hydrogen) atoms. The summed E-state index contributed by atoms with van der Waals surface area (Å²) in [6.45, 7) is 0. The van der Waals surface area contributed by atoms with E-state index < -0.39 is 23.7 Å². The predicted molar refractivity (Wildman–Crippen MR) is 70.1 cm³/mol. The zero-order valence-corrected chi connectivity index (χ0v) is 11.0. The van der Waals surface area contributed by atoms with E-state index in [4.69, 9.17) is 0 Å². The SMILES string of the molecule is O=C1C2=C3CC(C=N3)N2C(=O)N1c1cccc(C(F)(F)F)c1. The van der Waals surface area contributed by atoms with E-state index in [2.05, 4.69) is 4.99 Å². The minimum Gasteiger partial charge on any atom is -0.278 e. The van der Waals surface area contributed by atoms with Crippen molar-refractivity contribution in [1.29, 1.82) is 0 Å². The Balaban J connectivity index is 1.78. The number of amides is 3. The van der Waals surface area contributed by atoms with E-state index in [-0.39, 0.29) is 17.4 Å². The van der Waals surface area contributed by atoms with E-state index in [1.165, 1.54) is 17.0 Å². The molecule has 1 aromatic rings. The van der Waals surface area contributed by atoms with Gasteiger partial charge in [0.1, 0.15) is 5.70 Å². The third kappa shape index (κ3) is 1.57. The van der Waals surface area contributed by atoms with Crippen LogP contribution in [0.15, 0.2) is 40.7 Å². The number of nitrogens with zero attached hydrogens (tertiary/aromatic N) is 3. The average molecular weight is 307 g/mol. The average Bonchev–Trinajstić information content (AvgIpc) is 3.12. The van der Waals surface area contributed by atoms with Gasteiger partial charge in [-0.15, -0.1) is 0 Å². The number of benzene rings is 1. The summed E-state index contributed by atoms with van der Waals surface area (Å²) in [7, 11) is 0. The molecule has 0 spiro atoms. The highest BCUT2D eigenvalue weighted by Crippen LogP contribution is 2.41. The number of carbonyl (C=O) groups is 2. The van der Waals surface area contributed by atoms with E-state index in [0.29, 0.717) is 12.1 Å². The maximum absolute atomic E-state index is 12.8. The fraction of sp³-hybridized carbons (Fsp3) is 0.214. The molecule has 1 fully saturated rings. The number of carbonyl (C=O) groups excluding carboxylic acids is 2. The minimum absolute atomic E-state index is 0.0910. The first kappa shape index (κ1) is 13.1. The molecule has 1 atom stereocenters. The lowest BCUT2D eigenvalue weighted by Gasteiger charge is -2.19. The van der Waals surface area contributed by atoms with Crippen LogP contribution in [0.3, 0.4) is 0 Å². The van der Waals surface area contributed by atoms with Gasteiger partial charge < -0.3 is 0 Å². The van der Waals surface area contributed by atoms with Gasteiger partial charge in [0.2, 0.25) is 0 Å². The molecule has 8 heteroatoms. The highest BCUT2D eigenvalue weighted by atomic mass is 19.4. The predicted octanol–water partition coefficient (Wildman–Crippen LogP) is 2.54. The normalized spacial score (nSPS) is 23.1. The van der Waals surface area contributed by atoms with Crippen LogP contribution in [0.1, 0.15) is 12.0 Å². The summed E-state index contributed by atoms with van der Waals surface area (Å²) in [5.41, 5.74) is -0.311. The number of alkyl halides is 3. The molecule has 1 unspecified atom stereocenters. The van der Waals surface area contributed by atoms with Crippen molar-refractivity contribution in [2.45, 2.75) is 18.6 Å². The molecular formula is C14H8F3N3O2. The smallest absolute Gasteiger partial charge is 0.278 e. The first-order valence-electron chi connectivity index (χ1n) is 6.50. The molecule has 0 aliphatic carbocycles. The highest BCUT2D eigenvalue weighted by molar-refractivity contribution is 6.28. The van der Waals surface area contributed by atoms with Crippen LogP contribution in [0.5, 0.6) is 0 Å². The van der Waals surface area contributed by atoms with Crippen LogP contribution in [-0.4, -0.2) is 29.1 Å². The lowest BCUT2D eigenvalue weighted by Crippen LogP contribution is -2.37. The van der Waals surface area contributed by atoms with E-state index in [1.54, 1.807) is 6.21 Å². The Kier molecular flexibility index (Phi) is 2.35. The summed E-state index contributed by atoms with van der Waals surface area (Å²) in [6.07, 6.45) is -2.48. The third-order valence-corrected chi connectivity index (χ3v) is 3.89. The van der Waals surface area contributed by atoms with Crippen LogP contribution < -0.4 is 4.90 Å². The van der Waals surface area contributed by atoms with Gasteiger partial charge in [0.15, 0.2) is 0 Å². The molecule has 0 saturated carbocycles. The number of halogens is 3. The first-order valence-corrected chi connectivity index (χ1v) is 6.50. The third-order valence-electron chi connectivity index (χ3n) is 3.89. The molecule has 1 aromatic carbocycles. The van der Waals surface area contributed by atoms with Crippen molar-refractivity contribution in [3.05, 3.63) is 41.2 Å². The van der Waals surface area contributed by atoms with Crippen molar-refractivity contribution >= 4 is 23.8 Å². The van der Waals surface area contributed by atoms with Gasteiger partial charge in [-0.1, -0.05) is 6.07 Å². The van der Waals surface area contributed by atoms with Gasteiger partial charge in [-0.25, -0.2) is 9.69 Å². The maximum atomic E-state index is 12.8. The van der Waals surface area contributed by atoms with Crippen LogP contribution in [0.4, 0.5) is 23.7 Å². The number of anilines is 1. The Morgan fingerprint density at radius 2 is 2.00 bits per heavy atom. The molecule has 5 nitrogen and oxygen atoms in total. The van der Waals surface area contributed by atoms with Crippen LogP contribution >= 0.6 is 0 Å². The maximum Gasteiger partial charge on any atom is 0.416 e. The van der Waals surface area contributed by atoms with Crippen molar-refractivity contribution in [2.75, 3.05) is 4.90 Å². The van der Waals surface area contributed by atoms with Crippen LogP contribution in [-0.2, 0) is 11.0 Å². The summed E-state index contributed by atoms with van der Waals surface area (Å²) >= 11 is 0. The van der Waals surface area contributed by atoms with Crippen molar-refractivity contribution < 1.29 is 22.8 Å². The van der Waals surface area contributed by atoms with Crippen molar-refractivity contribution in [3.63, 3.8) is 0 Å². The van der Waals surface area contributed by atoms with Gasteiger partial charge in [-0.05, 0) is 18.2 Å². The lowest BCUT2D eigenvalue weighted by molar-refractivity contribution is -0.137. The molecule has 0 N–H and O–H groups in total. The number of fused-ring (bicyclic) bond motifs is 4. The molecule has 2 bridgehead atoms. The van der Waals surface area contributed by atoms with E-state index in [9.17, 15) is 22.8 Å². The van der Waals surface area contributed by atoms with Crippen LogP contribution in [0.25, 0.3) is 0 Å². The Morgan fingerprint density at radius 3 is 2.68 bits per heavy atom. The summed E-state index contributed by atoms with van der Waals surface area (Å²) in [4.78, 5) is 30.9. The van der Waals surface area contributed by atoms with Gasteiger partial charge >= 0.3 is 12.2 Å². The number of aliphatic imine (C=N–C) groups is 1. The summed E-state index contributed by atoms with van der Waals surface area (Å²) in [5, 5.41) is 0. The fourth-order valence-electron chi connectivity index (χ4n) is 2.91. The van der Waals surface area contributed by atoms with Gasteiger partial charge in [0.25, 0.3) is 5.91 Å². The van der Waals surface area contributed by atoms with E-state index in [1.807, 2.05) is 0 Å². The number of hydrogen-bond donors (Lipinski definition) is 0. The monoisotopic (exact) mass is 307 g/mol. The quantitative estimate of drug-likeness (QED) is 0.749. The second kappa shape index (κ2) is 3.96. The molecule has 3 heterocycles. The Morgan fingerprint density at radius 1 is 1.23 bits per heavy atom. The summed E-state index contributed by atoms with van der Waals surface area (Å²) in [6, 6.07) is 3.23. The molecule has 0 radical (unpaired) electrons. The molecule has 3 aliphatic rings. The van der Waals surface area contributed by atoms with Gasteiger partial charge in [-0.2, -0.15) is 13.2 Å². The van der Waals surface area contributed by atoms with Crippen molar-refractivity contribution in [1.82, 2.24) is 4.90 Å². The van der Waals surface area contributed by atoms with E-state index in [0.717, 1.165) is 17.0 Å². The second-order valence-corrected chi connectivity index (χ2v) is 5.19. The van der Waals surface area contributed by atoms with Crippen molar-refractivity contribution in [2.24, 2.45) is 4.99 Å². The van der Waals surface area contributed by atoms with Gasteiger partial charge in [-0.3, -0.25) is 14.7 Å². The Hall–Kier alpha value is -2.64. The molecule has 0 aromatic heterocycles. The largest absolute Gasteiger partial charge is 0.416 e.